The van der Waals surface area contributed by atoms with E-state index in [0.717, 1.165) is 0 Å². The van der Waals surface area contributed by atoms with Crippen LogP contribution in [-0.2, 0) is 13.8 Å². The first-order chi connectivity index (χ1) is 9.52. The molecule has 0 saturated carbocycles. The summed E-state index contributed by atoms with van der Waals surface area (Å²) in [4.78, 5) is 21.7. The molecule has 0 saturated heterocycles. The van der Waals surface area contributed by atoms with E-state index in [1.165, 1.54) is 19.1 Å². The summed E-state index contributed by atoms with van der Waals surface area (Å²) in [6.45, 7) is 1.28. The normalized spacial score (nSPS) is 12.6. The predicted molar refractivity (Wildman–Crippen MR) is 80.0 cm³/mol. The molecule has 7 nitrogen and oxygen atoms in total. The Morgan fingerprint density at radius 2 is 2.00 bits per heavy atom. The number of imide groups is 1. The first-order valence-electron chi connectivity index (χ1n) is 5.23. The van der Waals surface area contributed by atoms with Gasteiger partial charge >= 0.3 is 6.03 Å². The fourth-order valence-electron chi connectivity index (χ4n) is 1.29. The highest BCUT2D eigenvalue weighted by Crippen LogP contribution is 2.37. The van der Waals surface area contributed by atoms with Crippen LogP contribution in [0.1, 0.15) is 6.92 Å². The number of nitrogens with one attached hydrogen (secondary N) is 1. The van der Waals surface area contributed by atoms with Gasteiger partial charge in [0.2, 0.25) is 0 Å². The van der Waals surface area contributed by atoms with Crippen LogP contribution in [0, 0.1) is 0 Å². The average Bonchev–Trinajstić information content (AvgIpc) is 2.29. The molecule has 1 aromatic carbocycles. The number of hydrogen-bond acceptors (Lipinski definition) is 5. The van der Waals surface area contributed by atoms with E-state index in [4.69, 9.17) is 32.8 Å². The molecule has 1 rings (SSSR count). The Labute approximate surface area is 138 Å². The highest BCUT2D eigenvalue weighted by atomic mass is 79.9. The lowest BCUT2D eigenvalue weighted by atomic mass is 10.3. The SMILES string of the molecule is CC(Oc1c(Cl)cc(Br)cc1S(=O)(=O)Cl)C(=O)NC(N)=O. The van der Waals surface area contributed by atoms with Gasteiger partial charge in [0.25, 0.3) is 15.0 Å². The van der Waals surface area contributed by atoms with Crippen LogP contribution in [0.15, 0.2) is 21.5 Å². The predicted octanol–water partition coefficient (Wildman–Crippen LogP) is 1.99. The Balaban J connectivity index is 3.19. The maximum absolute atomic E-state index is 11.5. The molecule has 0 aromatic heterocycles. The zero-order valence-electron chi connectivity index (χ0n) is 10.4. The molecule has 1 atom stereocenters. The summed E-state index contributed by atoms with van der Waals surface area (Å²) in [5.74, 6) is -1.17. The minimum Gasteiger partial charge on any atom is -0.478 e. The topological polar surface area (TPSA) is 116 Å². The van der Waals surface area contributed by atoms with Gasteiger partial charge in [0, 0.05) is 15.2 Å². The molecule has 0 heterocycles. The second kappa shape index (κ2) is 6.82. The summed E-state index contributed by atoms with van der Waals surface area (Å²) in [5, 5.41) is 1.71. The Bertz CT molecular complexity index is 695. The van der Waals surface area contributed by atoms with Crippen molar-refractivity contribution < 1.29 is 22.7 Å². The molecular weight excluding hydrogens is 411 g/mol. The lowest BCUT2D eigenvalue weighted by molar-refractivity contribution is -0.126. The number of nitrogens with two attached hydrogens (primary N) is 1. The highest BCUT2D eigenvalue weighted by Gasteiger charge is 2.25. The Hall–Kier alpha value is -1.03. The molecule has 0 fully saturated rings. The van der Waals surface area contributed by atoms with Crippen LogP contribution in [-0.4, -0.2) is 26.5 Å². The van der Waals surface area contributed by atoms with E-state index in [-0.39, 0.29) is 10.8 Å². The van der Waals surface area contributed by atoms with Crippen LogP contribution in [0.25, 0.3) is 0 Å². The third-order valence-corrected chi connectivity index (χ3v) is 4.21. The standard InChI is InChI=1S/C10H9BrCl2N2O5S/c1-4(9(16)15-10(14)17)20-8-6(12)2-5(11)3-7(8)21(13,18)19/h2-4H,1H3,(H3,14,15,16,17). The van der Waals surface area contributed by atoms with Gasteiger partial charge in [-0.15, -0.1) is 0 Å². The van der Waals surface area contributed by atoms with E-state index < -0.39 is 32.0 Å². The number of hydrogen-bond donors (Lipinski definition) is 2. The van der Waals surface area contributed by atoms with E-state index in [0.29, 0.717) is 4.47 Å². The van der Waals surface area contributed by atoms with Crippen molar-refractivity contribution in [2.24, 2.45) is 5.73 Å². The van der Waals surface area contributed by atoms with Crippen molar-refractivity contribution in [3.05, 3.63) is 21.6 Å². The Morgan fingerprint density at radius 3 is 2.48 bits per heavy atom. The fraction of sp³-hybridized carbons (Fsp3) is 0.200. The minimum absolute atomic E-state index is 0.0812. The number of primary amides is 1. The maximum Gasteiger partial charge on any atom is 0.318 e. The maximum atomic E-state index is 11.5. The fourth-order valence-corrected chi connectivity index (χ4v) is 3.34. The van der Waals surface area contributed by atoms with Crippen LogP contribution < -0.4 is 15.8 Å². The van der Waals surface area contributed by atoms with Gasteiger partial charge in [0.15, 0.2) is 11.9 Å². The molecule has 11 heteroatoms. The van der Waals surface area contributed by atoms with Gasteiger partial charge in [-0.1, -0.05) is 27.5 Å². The molecule has 1 unspecified atom stereocenters. The lowest BCUT2D eigenvalue weighted by Crippen LogP contribution is -2.42. The summed E-state index contributed by atoms with van der Waals surface area (Å²) in [7, 11) is 1.13. The van der Waals surface area contributed by atoms with Gasteiger partial charge < -0.3 is 10.5 Å². The van der Waals surface area contributed by atoms with Gasteiger partial charge in [-0.05, 0) is 19.1 Å². The first kappa shape index (κ1) is 18.0. The Morgan fingerprint density at radius 1 is 1.43 bits per heavy atom. The summed E-state index contributed by atoms with van der Waals surface area (Å²) < 4.78 is 28.6. The first-order valence-corrected chi connectivity index (χ1v) is 8.71. The number of carbonyl (C=O) groups is 2. The highest BCUT2D eigenvalue weighted by molar-refractivity contribution is 9.10. The zero-order valence-corrected chi connectivity index (χ0v) is 14.3. The number of ether oxygens (including phenoxy) is 1. The molecule has 0 aliphatic carbocycles. The molecule has 0 spiro atoms. The molecule has 0 bridgehead atoms. The molecule has 21 heavy (non-hydrogen) atoms. The molecule has 0 radical (unpaired) electrons. The number of amides is 3. The Kier molecular flexibility index (Phi) is 5.85. The van der Waals surface area contributed by atoms with Crippen molar-refractivity contribution in [1.29, 1.82) is 0 Å². The molecule has 0 aliphatic heterocycles. The summed E-state index contributed by atoms with van der Waals surface area (Å²) >= 11 is 8.96. The van der Waals surface area contributed by atoms with Gasteiger partial charge in [0.05, 0.1) is 5.02 Å². The zero-order chi connectivity index (χ0) is 16.4. The van der Waals surface area contributed by atoms with Crippen molar-refractivity contribution in [1.82, 2.24) is 5.32 Å². The number of benzene rings is 1. The van der Waals surface area contributed by atoms with Crippen LogP contribution in [0.5, 0.6) is 5.75 Å². The molecule has 116 valence electrons. The van der Waals surface area contributed by atoms with E-state index in [2.05, 4.69) is 15.9 Å². The third kappa shape index (κ3) is 5.03. The van der Waals surface area contributed by atoms with Crippen LogP contribution in [0.2, 0.25) is 5.02 Å². The van der Waals surface area contributed by atoms with Gasteiger partial charge in [-0.25, -0.2) is 13.2 Å². The molecule has 3 amide bonds. The van der Waals surface area contributed by atoms with Crippen LogP contribution in [0.3, 0.4) is 0 Å². The number of halogens is 3. The smallest absolute Gasteiger partial charge is 0.318 e. The third-order valence-electron chi connectivity index (χ3n) is 2.15. The van der Waals surface area contributed by atoms with E-state index in [1.54, 1.807) is 5.32 Å². The van der Waals surface area contributed by atoms with Crippen molar-refractivity contribution in [3.63, 3.8) is 0 Å². The van der Waals surface area contributed by atoms with Gasteiger partial charge in [-0.3, -0.25) is 10.1 Å². The lowest BCUT2D eigenvalue weighted by Gasteiger charge is -2.16. The van der Waals surface area contributed by atoms with Gasteiger partial charge in [-0.2, -0.15) is 0 Å². The van der Waals surface area contributed by atoms with E-state index >= 15 is 0 Å². The minimum atomic E-state index is -4.16. The molecule has 1 aromatic rings. The quantitative estimate of drug-likeness (QED) is 0.724. The summed E-state index contributed by atoms with van der Waals surface area (Å²) in [6, 6.07) is 1.46. The second-order valence-corrected chi connectivity index (χ2v) is 7.62. The van der Waals surface area contributed by atoms with E-state index in [1.807, 2.05) is 0 Å². The van der Waals surface area contributed by atoms with Crippen molar-refractivity contribution >= 4 is 59.2 Å². The van der Waals surface area contributed by atoms with Crippen molar-refractivity contribution in [3.8, 4) is 5.75 Å². The van der Waals surface area contributed by atoms with Crippen molar-refractivity contribution in [2.75, 3.05) is 0 Å². The van der Waals surface area contributed by atoms with Crippen LogP contribution in [0.4, 0.5) is 4.79 Å². The monoisotopic (exact) mass is 418 g/mol. The average molecular weight is 420 g/mol. The molecule has 3 N–H and O–H groups in total. The summed E-state index contributed by atoms with van der Waals surface area (Å²) in [5.41, 5.74) is 4.80. The van der Waals surface area contributed by atoms with E-state index in [9.17, 15) is 18.0 Å². The number of urea groups is 1. The second-order valence-electron chi connectivity index (χ2n) is 3.77. The largest absolute Gasteiger partial charge is 0.478 e. The number of carbonyl (C=O) groups excluding carboxylic acids is 2. The number of rotatable bonds is 4. The molecule has 0 aliphatic rings. The van der Waals surface area contributed by atoms with Gasteiger partial charge in [0.1, 0.15) is 4.90 Å². The van der Waals surface area contributed by atoms with Crippen molar-refractivity contribution in [2.45, 2.75) is 17.9 Å². The van der Waals surface area contributed by atoms with Crippen LogP contribution >= 0.6 is 38.2 Å². The molecular formula is C10H9BrCl2N2O5S. The summed E-state index contributed by atoms with van der Waals surface area (Å²) in [6.07, 6.45) is -1.23.